The average molecular weight is 280 g/mol. The van der Waals surface area contributed by atoms with Gasteiger partial charge in [-0.3, -0.25) is 0 Å². The SMILES string of the molecule is CCC(C)CN(C)C(=O)Nc1ccc(O)c(C(=O)O)c1. The van der Waals surface area contributed by atoms with Crippen molar-refractivity contribution in [2.45, 2.75) is 20.3 Å². The maximum absolute atomic E-state index is 11.9. The molecule has 0 heterocycles. The summed E-state index contributed by atoms with van der Waals surface area (Å²) < 4.78 is 0. The van der Waals surface area contributed by atoms with E-state index in [2.05, 4.69) is 12.2 Å². The van der Waals surface area contributed by atoms with Crippen LogP contribution in [0.25, 0.3) is 0 Å². The van der Waals surface area contributed by atoms with Gasteiger partial charge in [0.1, 0.15) is 11.3 Å². The molecule has 0 fully saturated rings. The summed E-state index contributed by atoms with van der Waals surface area (Å²) in [5, 5.41) is 20.9. The molecular formula is C14H20N2O4. The van der Waals surface area contributed by atoms with Gasteiger partial charge in [-0.05, 0) is 24.1 Å². The van der Waals surface area contributed by atoms with Crippen LogP contribution in [-0.4, -0.2) is 40.7 Å². The van der Waals surface area contributed by atoms with Gasteiger partial charge in [0, 0.05) is 19.3 Å². The summed E-state index contributed by atoms with van der Waals surface area (Å²) in [4.78, 5) is 24.4. The van der Waals surface area contributed by atoms with E-state index in [-0.39, 0.29) is 17.3 Å². The van der Waals surface area contributed by atoms with E-state index in [0.717, 1.165) is 6.42 Å². The first-order chi connectivity index (χ1) is 9.35. The lowest BCUT2D eigenvalue weighted by molar-refractivity contribution is 0.0693. The number of aromatic carboxylic acids is 1. The van der Waals surface area contributed by atoms with Crippen LogP contribution in [0.15, 0.2) is 18.2 Å². The van der Waals surface area contributed by atoms with Crippen LogP contribution in [-0.2, 0) is 0 Å². The molecule has 0 aromatic heterocycles. The number of hydrogen-bond acceptors (Lipinski definition) is 3. The highest BCUT2D eigenvalue weighted by Gasteiger charge is 2.14. The number of nitrogens with zero attached hydrogens (tertiary/aromatic N) is 1. The Bertz CT molecular complexity index is 502. The fraction of sp³-hybridized carbons (Fsp3) is 0.429. The third-order valence-corrected chi connectivity index (χ3v) is 3.11. The number of phenols is 1. The number of urea groups is 1. The highest BCUT2D eigenvalue weighted by Crippen LogP contribution is 2.21. The van der Waals surface area contributed by atoms with Crippen LogP contribution >= 0.6 is 0 Å². The molecule has 0 aliphatic carbocycles. The first-order valence-corrected chi connectivity index (χ1v) is 6.43. The molecule has 0 aliphatic heterocycles. The minimum Gasteiger partial charge on any atom is -0.507 e. The molecule has 20 heavy (non-hydrogen) atoms. The van der Waals surface area contributed by atoms with Crippen molar-refractivity contribution < 1.29 is 19.8 Å². The van der Waals surface area contributed by atoms with Crippen molar-refractivity contribution in [1.82, 2.24) is 4.90 Å². The number of aromatic hydroxyl groups is 1. The molecule has 110 valence electrons. The second kappa shape index (κ2) is 6.79. The van der Waals surface area contributed by atoms with Gasteiger partial charge in [0.2, 0.25) is 0 Å². The molecule has 1 rings (SSSR count). The van der Waals surface area contributed by atoms with Gasteiger partial charge in [0.25, 0.3) is 0 Å². The fourth-order valence-corrected chi connectivity index (χ4v) is 1.68. The standard InChI is InChI=1S/C14H20N2O4/c1-4-9(2)8-16(3)14(20)15-10-5-6-12(17)11(7-10)13(18)19/h5-7,9,17H,4,8H2,1-3H3,(H,15,20)(H,18,19). The number of carboxylic acids is 1. The number of amides is 2. The molecule has 1 aromatic carbocycles. The van der Waals surface area contributed by atoms with Crippen LogP contribution < -0.4 is 5.32 Å². The molecule has 0 saturated heterocycles. The number of hydrogen-bond donors (Lipinski definition) is 3. The third-order valence-electron chi connectivity index (χ3n) is 3.11. The van der Waals surface area contributed by atoms with Gasteiger partial charge >= 0.3 is 12.0 Å². The maximum atomic E-state index is 11.9. The van der Waals surface area contributed by atoms with Gasteiger partial charge in [-0.25, -0.2) is 9.59 Å². The second-order valence-electron chi connectivity index (χ2n) is 4.86. The Labute approximate surface area is 118 Å². The molecule has 0 saturated carbocycles. The molecule has 0 aliphatic rings. The van der Waals surface area contributed by atoms with E-state index in [4.69, 9.17) is 5.11 Å². The van der Waals surface area contributed by atoms with Crippen molar-refractivity contribution >= 4 is 17.7 Å². The van der Waals surface area contributed by atoms with Crippen molar-refractivity contribution in [2.75, 3.05) is 18.9 Å². The van der Waals surface area contributed by atoms with E-state index < -0.39 is 5.97 Å². The summed E-state index contributed by atoms with van der Waals surface area (Å²) in [7, 11) is 1.68. The maximum Gasteiger partial charge on any atom is 0.339 e. The predicted octanol–water partition coefficient (Wildman–Crippen LogP) is 2.60. The first kappa shape index (κ1) is 15.8. The minimum absolute atomic E-state index is 0.243. The van der Waals surface area contributed by atoms with Crippen molar-refractivity contribution in [1.29, 1.82) is 0 Å². The largest absolute Gasteiger partial charge is 0.507 e. The highest BCUT2D eigenvalue weighted by molar-refractivity contribution is 5.95. The quantitative estimate of drug-likeness (QED) is 0.723. The number of carbonyl (C=O) groups is 2. The smallest absolute Gasteiger partial charge is 0.339 e. The highest BCUT2D eigenvalue weighted by atomic mass is 16.4. The van der Waals surface area contributed by atoms with Crippen LogP contribution in [0, 0.1) is 5.92 Å². The summed E-state index contributed by atoms with van der Waals surface area (Å²) in [5.41, 5.74) is 0.0913. The molecule has 1 unspecified atom stereocenters. The average Bonchev–Trinajstić information content (AvgIpc) is 2.40. The zero-order valence-corrected chi connectivity index (χ0v) is 11.9. The van der Waals surface area contributed by atoms with Crippen LogP contribution in [0.1, 0.15) is 30.6 Å². The number of rotatable bonds is 5. The molecule has 0 spiro atoms. The Morgan fingerprint density at radius 1 is 1.40 bits per heavy atom. The van der Waals surface area contributed by atoms with Gasteiger partial charge in [-0.1, -0.05) is 20.3 Å². The molecule has 1 aromatic rings. The molecule has 1 atom stereocenters. The Morgan fingerprint density at radius 3 is 2.60 bits per heavy atom. The van der Waals surface area contributed by atoms with E-state index >= 15 is 0 Å². The molecule has 3 N–H and O–H groups in total. The molecule has 6 nitrogen and oxygen atoms in total. The normalized spacial score (nSPS) is 11.8. The number of carboxylic acid groups (broad SMARTS) is 1. The van der Waals surface area contributed by atoms with Crippen LogP contribution in [0.5, 0.6) is 5.75 Å². The molecule has 0 bridgehead atoms. The van der Waals surface area contributed by atoms with Gasteiger partial charge in [-0.2, -0.15) is 0 Å². The van der Waals surface area contributed by atoms with E-state index in [1.165, 1.54) is 18.2 Å². The van der Waals surface area contributed by atoms with Gasteiger partial charge < -0.3 is 20.4 Å². The molecule has 2 amide bonds. The summed E-state index contributed by atoms with van der Waals surface area (Å²) in [6.07, 6.45) is 0.972. The van der Waals surface area contributed by atoms with Gasteiger partial charge in [0.05, 0.1) is 0 Å². The monoisotopic (exact) mass is 280 g/mol. The Hall–Kier alpha value is -2.24. The van der Waals surface area contributed by atoms with Crippen molar-refractivity contribution in [3.8, 4) is 5.75 Å². The number of benzene rings is 1. The number of nitrogens with one attached hydrogen (secondary N) is 1. The summed E-state index contributed by atoms with van der Waals surface area (Å²) in [5.74, 6) is -1.19. The van der Waals surface area contributed by atoms with Crippen LogP contribution in [0.3, 0.4) is 0 Å². The van der Waals surface area contributed by atoms with E-state index in [0.29, 0.717) is 18.2 Å². The lowest BCUT2D eigenvalue weighted by atomic mass is 10.1. The van der Waals surface area contributed by atoms with Crippen molar-refractivity contribution in [3.05, 3.63) is 23.8 Å². The minimum atomic E-state index is -1.24. The Balaban J connectivity index is 2.76. The second-order valence-corrected chi connectivity index (χ2v) is 4.86. The topological polar surface area (TPSA) is 89.9 Å². The first-order valence-electron chi connectivity index (χ1n) is 6.43. The number of anilines is 1. The number of carbonyl (C=O) groups excluding carboxylic acids is 1. The summed E-state index contributed by atoms with van der Waals surface area (Å²) in [6, 6.07) is 3.62. The Morgan fingerprint density at radius 2 is 2.05 bits per heavy atom. The molecule has 0 radical (unpaired) electrons. The fourth-order valence-electron chi connectivity index (χ4n) is 1.68. The van der Waals surface area contributed by atoms with Gasteiger partial charge in [0.15, 0.2) is 0 Å². The van der Waals surface area contributed by atoms with Crippen molar-refractivity contribution in [3.63, 3.8) is 0 Å². The van der Waals surface area contributed by atoms with E-state index in [9.17, 15) is 14.7 Å². The van der Waals surface area contributed by atoms with Crippen LogP contribution in [0.2, 0.25) is 0 Å². The zero-order valence-electron chi connectivity index (χ0n) is 11.9. The van der Waals surface area contributed by atoms with E-state index in [1.54, 1.807) is 11.9 Å². The molecule has 6 heteroatoms. The van der Waals surface area contributed by atoms with E-state index in [1.807, 2.05) is 6.92 Å². The van der Waals surface area contributed by atoms with Gasteiger partial charge in [-0.15, -0.1) is 0 Å². The summed E-state index contributed by atoms with van der Waals surface area (Å²) in [6.45, 7) is 4.72. The van der Waals surface area contributed by atoms with Crippen molar-refractivity contribution in [2.24, 2.45) is 5.92 Å². The predicted molar refractivity (Wildman–Crippen MR) is 76.2 cm³/mol. The lowest BCUT2D eigenvalue weighted by Gasteiger charge is -2.21. The Kier molecular flexibility index (Phi) is 5.37. The lowest BCUT2D eigenvalue weighted by Crippen LogP contribution is -2.34. The van der Waals surface area contributed by atoms with Crippen LogP contribution in [0.4, 0.5) is 10.5 Å². The third kappa shape index (κ3) is 4.15. The zero-order chi connectivity index (χ0) is 15.3. The summed E-state index contributed by atoms with van der Waals surface area (Å²) >= 11 is 0. The molecular weight excluding hydrogens is 260 g/mol.